The highest BCUT2D eigenvalue weighted by Gasteiger charge is 2.47. The van der Waals surface area contributed by atoms with Crippen molar-refractivity contribution in [1.29, 1.82) is 0 Å². The zero-order valence-corrected chi connectivity index (χ0v) is 21.7. The summed E-state index contributed by atoms with van der Waals surface area (Å²) < 4.78 is 26.7. The van der Waals surface area contributed by atoms with E-state index in [-0.39, 0.29) is 43.9 Å². The standard InChI is InChI=1S/C28H32ClF2N3O4/c29-20-2-3-23-19(13-20)15-27(32-23)5-8-33(16-24(27)35)17-25(36)28(38)6-9-34(10-7-28)26(37)4-1-18-11-21(30)14-22(31)12-18/h1-4,11-14,24-25,32,35-36,38H,5-10,15-17H2/b4-1+. The van der Waals surface area contributed by atoms with E-state index in [1.165, 1.54) is 17.1 Å². The number of rotatable bonds is 5. The molecular formula is C28H32ClF2N3O4. The maximum absolute atomic E-state index is 13.4. The Morgan fingerprint density at radius 1 is 1.13 bits per heavy atom. The number of carbonyl (C=O) groups is 1. The molecule has 5 rings (SSSR count). The van der Waals surface area contributed by atoms with Crippen LogP contribution in [0.4, 0.5) is 14.5 Å². The van der Waals surface area contributed by atoms with E-state index < -0.39 is 35.0 Å². The van der Waals surface area contributed by atoms with Gasteiger partial charge in [0.2, 0.25) is 5.91 Å². The molecule has 2 saturated heterocycles. The lowest BCUT2D eigenvalue weighted by Crippen LogP contribution is -2.62. The number of nitrogens with zero attached hydrogens (tertiary/aromatic N) is 2. The Bertz CT molecular complexity index is 1220. The highest BCUT2D eigenvalue weighted by atomic mass is 35.5. The van der Waals surface area contributed by atoms with Crippen molar-refractivity contribution in [2.75, 3.05) is 38.0 Å². The Morgan fingerprint density at radius 3 is 2.53 bits per heavy atom. The van der Waals surface area contributed by atoms with Crippen molar-refractivity contribution in [3.8, 4) is 0 Å². The van der Waals surface area contributed by atoms with Gasteiger partial charge in [-0.2, -0.15) is 0 Å². The monoisotopic (exact) mass is 547 g/mol. The molecular weight excluding hydrogens is 516 g/mol. The summed E-state index contributed by atoms with van der Waals surface area (Å²) >= 11 is 6.13. The molecule has 3 atom stereocenters. The second-order valence-corrected chi connectivity index (χ2v) is 11.2. The van der Waals surface area contributed by atoms with Gasteiger partial charge >= 0.3 is 0 Å². The Morgan fingerprint density at radius 2 is 1.84 bits per heavy atom. The van der Waals surface area contributed by atoms with Gasteiger partial charge in [-0.25, -0.2) is 8.78 Å². The average molecular weight is 548 g/mol. The fourth-order valence-corrected chi connectivity index (χ4v) is 6.04. The smallest absolute Gasteiger partial charge is 0.246 e. The number of likely N-dealkylation sites (tertiary alicyclic amines) is 2. The van der Waals surface area contributed by atoms with Gasteiger partial charge in [0.1, 0.15) is 11.6 Å². The van der Waals surface area contributed by atoms with Crippen molar-refractivity contribution in [3.05, 3.63) is 70.3 Å². The Labute approximate surface area is 225 Å². The van der Waals surface area contributed by atoms with E-state index in [1.54, 1.807) is 0 Å². The van der Waals surface area contributed by atoms with Gasteiger partial charge in [-0.1, -0.05) is 11.6 Å². The molecule has 38 heavy (non-hydrogen) atoms. The fourth-order valence-electron chi connectivity index (χ4n) is 5.84. The normalized spacial score (nSPS) is 25.9. The molecule has 2 fully saturated rings. The summed E-state index contributed by atoms with van der Waals surface area (Å²) in [5, 5.41) is 37.3. The number of β-amino-alcohol motifs (C(OH)–C–C–N with tert-alkyl or cyclic N) is 2. The van der Waals surface area contributed by atoms with Crippen LogP contribution in [-0.4, -0.2) is 87.1 Å². The van der Waals surface area contributed by atoms with Gasteiger partial charge in [0.25, 0.3) is 0 Å². The van der Waals surface area contributed by atoms with E-state index in [1.807, 2.05) is 23.1 Å². The molecule has 7 nitrogen and oxygen atoms in total. The summed E-state index contributed by atoms with van der Waals surface area (Å²) in [5.41, 5.74) is 0.479. The second-order valence-electron chi connectivity index (χ2n) is 10.8. The molecule has 1 amide bonds. The molecule has 3 aliphatic heterocycles. The number of carbonyl (C=O) groups excluding carboxylic acids is 1. The number of nitrogens with one attached hydrogen (secondary N) is 1. The quantitative estimate of drug-likeness (QED) is 0.430. The predicted molar refractivity (Wildman–Crippen MR) is 141 cm³/mol. The molecule has 3 unspecified atom stereocenters. The average Bonchev–Trinajstić information content (AvgIpc) is 3.23. The third-order valence-electron chi connectivity index (χ3n) is 8.20. The lowest BCUT2D eigenvalue weighted by atomic mass is 9.81. The predicted octanol–water partition coefficient (Wildman–Crippen LogP) is 2.82. The fraction of sp³-hybridized carbons (Fsp3) is 0.464. The number of aliphatic hydroxyl groups is 3. The van der Waals surface area contributed by atoms with Crippen molar-refractivity contribution < 1.29 is 28.9 Å². The minimum Gasteiger partial charge on any atom is -0.389 e. The van der Waals surface area contributed by atoms with Crippen LogP contribution < -0.4 is 5.32 Å². The molecule has 0 aliphatic carbocycles. The first-order valence-corrected chi connectivity index (χ1v) is 13.2. The molecule has 204 valence electrons. The molecule has 2 aromatic rings. The van der Waals surface area contributed by atoms with Crippen molar-refractivity contribution >= 4 is 29.3 Å². The molecule has 0 saturated carbocycles. The number of amides is 1. The number of hydrogen-bond donors (Lipinski definition) is 4. The first kappa shape index (κ1) is 27.0. The second kappa shape index (κ2) is 10.5. The van der Waals surface area contributed by atoms with Crippen LogP contribution in [-0.2, 0) is 11.2 Å². The summed E-state index contributed by atoms with van der Waals surface area (Å²) in [6.45, 7) is 1.70. The van der Waals surface area contributed by atoms with Gasteiger partial charge in [0.15, 0.2) is 0 Å². The number of fused-ring (bicyclic) bond motifs is 1. The van der Waals surface area contributed by atoms with E-state index in [0.717, 1.165) is 29.4 Å². The lowest BCUT2D eigenvalue weighted by molar-refractivity contribution is -0.141. The number of piperidine rings is 2. The molecule has 0 radical (unpaired) electrons. The van der Waals surface area contributed by atoms with Crippen molar-refractivity contribution in [2.45, 2.75) is 49.0 Å². The highest BCUT2D eigenvalue weighted by Crippen LogP contribution is 2.40. The summed E-state index contributed by atoms with van der Waals surface area (Å²) in [7, 11) is 0. The first-order chi connectivity index (χ1) is 18.0. The van der Waals surface area contributed by atoms with Gasteiger partial charge in [0, 0.05) is 62.0 Å². The number of hydrogen-bond acceptors (Lipinski definition) is 6. The molecule has 3 aliphatic rings. The van der Waals surface area contributed by atoms with Crippen LogP contribution >= 0.6 is 11.6 Å². The van der Waals surface area contributed by atoms with Gasteiger partial charge < -0.3 is 25.5 Å². The van der Waals surface area contributed by atoms with Crippen LogP contribution in [0.5, 0.6) is 0 Å². The van der Waals surface area contributed by atoms with Crippen LogP contribution in [0.3, 0.4) is 0 Å². The van der Waals surface area contributed by atoms with Crippen molar-refractivity contribution in [3.63, 3.8) is 0 Å². The SMILES string of the molecule is O=C(/C=C/c1cc(F)cc(F)c1)N1CCC(O)(C(O)CN2CCC3(Cc4cc(Cl)ccc4N3)C(O)C2)CC1. The zero-order chi connectivity index (χ0) is 27.1. The van der Waals surface area contributed by atoms with Crippen molar-refractivity contribution in [1.82, 2.24) is 9.80 Å². The summed E-state index contributed by atoms with van der Waals surface area (Å²) in [4.78, 5) is 16.1. The van der Waals surface area contributed by atoms with E-state index in [0.29, 0.717) is 31.0 Å². The number of aliphatic hydroxyl groups excluding tert-OH is 2. The third kappa shape index (κ3) is 5.58. The minimum atomic E-state index is -1.36. The topological polar surface area (TPSA) is 96.3 Å². The van der Waals surface area contributed by atoms with E-state index in [4.69, 9.17) is 11.6 Å². The molecule has 2 aromatic carbocycles. The molecule has 0 bridgehead atoms. The molecule has 3 heterocycles. The zero-order valence-electron chi connectivity index (χ0n) is 20.9. The number of anilines is 1. The highest BCUT2D eigenvalue weighted by molar-refractivity contribution is 6.30. The van der Waals surface area contributed by atoms with Crippen LogP contribution in [0.1, 0.15) is 30.4 Å². The van der Waals surface area contributed by atoms with Gasteiger partial charge in [-0.05, 0) is 66.8 Å². The van der Waals surface area contributed by atoms with Crippen LogP contribution in [0.25, 0.3) is 6.08 Å². The Hall–Kier alpha value is -2.56. The lowest BCUT2D eigenvalue weighted by Gasteiger charge is -2.46. The third-order valence-corrected chi connectivity index (χ3v) is 8.43. The maximum atomic E-state index is 13.4. The number of benzene rings is 2. The summed E-state index contributed by atoms with van der Waals surface area (Å²) in [6, 6.07) is 8.71. The maximum Gasteiger partial charge on any atom is 0.246 e. The van der Waals surface area contributed by atoms with Crippen LogP contribution in [0.2, 0.25) is 5.02 Å². The molecule has 10 heteroatoms. The first-order valence-electron chi connectivity index (χ1n) is 12.9. The molecule has 4 N–H and O–H groups in total. The Balaban J connectivity index is 1.12. The molecule has 0 aromatic heterocycles. The van der Waals surface area contributed by atoms with Crippen LogP contribution in [0, 0.1) is 11.6 Å². The van der Waals surface area contributed by atoms with Crippen molar-refractivity contribution in [2.24, 2.45) is 0 Å². The number of halogens is 3. The van der Waals surface area contributed by atoms with E-state index >= 15 is 0 Å². The molecule has 1 spiro atoms. The van der Waals surface area contributed by atoms with Gasteiger partial charge in [-0.15, -0.1) is 0 Å². The van der Waals surface area contributed by atoms with E-state index in [9.17, 15) is 28.9 Å². The van der Waals surface area contributed by atoms with E-state index in [2.05, 4.69) is 5.32 Å². The van der Waals surface area contributed by atoms with Gasteiger partial charge in [-0.3, -0.25) is 9.69 Å². The Kier molecular flexibility index (Phi) is 7.50. The van der Waals surface area contributed by atoms with Gasteiger partial charge in [0.05, 0.1) is 23.3 Å². The largest absolute Gasteiger partial charge is 0.389 e. The summed E-state index contributed by atoms with van der Waals surface area (Å²) in [5.74, 6) is -1.78. The summed E-state index contributed by atoms with van der Waals surface area (Å²) in [6.07, 6.45) is 2.64. The minimum absolute atomic E-state index is 0.195. The van der Waals surface area contributed by atoms with Crippen LogP contribution in [0.15, 0.2) is 42.5 Å².